The number of nitrogens with zero attached hydrogens (tertiary/aromatic N) is 1. The van der Waals surface area contributed by atoms with E-state index in [9.17, 15) is 31.2 Å². The van der Waals surface area contributed by atoms with Gasteiger partial charge in [0.15, 0.2) is 0 Å². The third-order valence-electron chi connectivity index (χ3n) is 4.04. The van der Waals surface area contributed by atoms with Crippen LogP contribution in [-0.4, -0.2) is 25.2 Å². The minimum absolute atomic E-state index is 0.0216. The molecule has 0 aliphatic heterocycles. The number of nitrogen functional groups attached to an aromatic ring is 1. The number of alkyl halides is 3. The van der Waals surface area contributed by atoms with Crippen molar-refractivity contribution in [2.45, 2.75) is 24.9 Å². The van der Waals surface area contributed by atoms with Gasteiger partial charge in [0.2, 0.25) is 5.91 Å². The summed E-state index contributed by atoms with van der Waals surface area (Å²) in [4.78, 5) is 27.2. The lowest BCUT2D eigenvalue weighted by atomic mass is 10.1. The summed E-state index contributed by atoms with van der Waals surface area (Å²) in [5.41, 5.74) is 4.84. The summed E-state index contributed by atoms with van der Waals surface area (Å²) in [5, 5.41) is 2.11. The van der Waals surface area contributed by atoms with Crippen LogP contribution >= 0.6 is 11.3 Å². The van der Waals surface area contributed by atoms with Crippen LogP contribution in [0.25, 0.3) is 10.2 Å². The number of halogens is 3. The number of amides is 2. The molecule has 1 aromatic carbocycles. The molecule has 3 aromatic rings. The maximum Gasteiger partial charge on any atom is 0.417 e. The lowest BCUT2D eigenvalue weighted by molar-refractivity contribution is -0.136. The van der Waals surface area contributed by atoms with Crippen LogP contribution < -0.4 is 15.8 Å². The highest BCUT2D eigenvalue weighted by molar-refractivity contribution is 7.90. The van der Waals surface area contributed by atoms with Gasteiger partial charge < -0.3 is 11.1 Å². The predicted molar refractivity (Wildman–Crippen MR) is 109 cm³/mol. The van der Waals surface area contributed by atoms with Crippen LogP contribution in [-0.2, 0) is 21.0 Å². The lowest BCUT2D eigenvalue weighted by Gasteiger charge is -2.10. The molecule has 0 fully saturated rings. The molecule has 8 nitrogen and oxygen atoms in total. The fourth-order valence-corrected chi connectivity index (χ4v) is 4.84. The summed E-state index contributed by atoms with van der Waals surface area (Å²) in [7, 11) is -4.05. The zero-order valence-corrected chi connectivity index (χ0v) is 17.6. The number of carbonyl (C=O) groups is 2. The Morgan fingerprint density at radius 3 is 2.32 bits per heavy atom. The SMILES string of the molecule is CC(=O)NS(=O)(=O)c1ccc(NC(=O)c2sc3nc(C)cc(C(F)(F)F)c3c2N)cc1. The monoisotopic (exact) mass is 472 g/mol. The normalized spacial score (nSPS) is 12.0. The minimum atomic E-state index is -4.68. The molecule has 13 heteroatoms. The molecule has 0 aliphatic rings. The van der Waals surface area contributed by atoms with Gasteiger partial charge in [-0.2, -0.15) is 13.2 Å². The highest BCUT2D eigenvalue weighted by atomic mass is 32.2. The van der Waals surface area contributed by atoms with Gasteiger partial charge in [-0.1, -0.05) is 0 Å². The van der Waals surface area contributed by atoms with Crippen molar-refractivity contribution in [2.24, 2.45) is 0 Å². The summed E-state index contributed by atoms with van der Waals surface area (Å²) in [6.45, 7) is 2.45. The first-order valence-electron chi connectivity index (χ1n) is 8.51. The number of hydrogen-bond donors (Lipinski definition) is 3. The maximum absolute atomic E-state index is 13.4. The van der Waals surface area contributed by atoms with Gasteiger partial charge in [-0.25, -0.2) is 18.1 Å². The molecule has 0 radical (unpaired) electrons. The Bertz CT molecular complexity index is 1300. The predicted octanol–water partition coefficient (Wildman–Crippen LogP) is 3.28. The summed E-state index contributed by atoms with van der Waals surface area (Å²) in [6, 6.07) is 5.70. The van der Waals surface area contributed by atoms with Crippen molar-refractivity contribution >= 4 is 54.8 Å². The van der Waals surface area contributed by atoms with E-state index in [2.05, 4.69) is 10.3 Å². The van der Waals surface area contributed by atoms with Crippen LogP contribution in [0.3, 0.4) is 0 Å². The number of aromatic nitrogens is 1. The second kappa shape index (κ2) is 7.81. The Morgan fingerprint density at radius 2 is 1.77 bits per heavy atom. The molecule has 3 rings (SSSR count). The first kappa shape index (κ1) is 22.5. The first-order valence-corrected chi connectivity index (χ1v) is 10.8. The zero-order chi connectivity index (χ0) is 23.1. The van der Waals surface area contributed by atoms with E-state index in [1.54, 1.807) is 4.72 Å². The molecule has 0 saturated carbocycles. The van der Waals surface area contributed by atoms with Gasteiger partial charge in [-0.05, 0) is 37.3 Å². The van der Waals surface area contributed by atoms with Crippen molar-refractivity contribution in [3.05, 3.63) is 46.5 Å². The van der Waals surface area contributed by atoms with Gasteiger partial charge >= 0.3 is 6.18 Å². The molecular weight excluding hydrogens is 457 g/mol. The maximum atomic E-state index is 13.4. The fourth-order valence-electron chi connectivity index (χ4n) is 2.79. The molecule has 2 heterocycles. The molecule has 0 unspecified atom stereocenters. The highest BCUT2D eigenvalue weighted by Gasteiger charge is 2.35. The standard InChI is InChI=1S/C18H15F3N4O4S2/c1-8-7-12(18(19,20)21)13-14(22)15(30-17(13)23-8)16(27)24-10-3-5-11(6-4-10)31(28,29)25-9(2)26/h3-7H,22H2,1-2H3,(H,24,27)(H,25,26). The van der Waals surface area contributed by atoms with Crippen molar-refractivity contribution < 1.29 is 31.2 Å². The van der Waals surface area contributed by atoms with E-state index in [1.165, 1.54) is 19.1 Å². The van der Waals surface area contributed by atoms with Crippen LogP contribution in [0.15, 0.2) is 35.2 Å². The van der Waals surface area contributed by atoms with E-state index in [1.807, 2.05) is 0 Å². The van der Waals surface area contributed by atoms with Crippen LogP contribution in [0.1, 0.15) is 27.9 Å². The van der Waals surface area contributed by atoms with Gasteiger partial charge in [0.05, 0.1) is 16.1 Å². The quantitative estimate of drug-likeness (QED) is 0.534. The minimum Gasteiger partial charge on any atom is -0.397 e. The topological polar surface area (TPSA) is 131 Å². The number of carbonyl (C=O) groups excluding carboxylic acids is 2. The van der Waals surface area contributed by atoms with Crippen molar-refractivity contribution in [3.8, 4) is 0 Å². The van der Waals surface area contributed by atoms with Crippen molar-refractivity contribution in [2.75, 3.05) is 11.1 Å². The zero-order valence-electron chi connectivity index (χ0n) is 16.0. The average molecular weight is 472 g/mol. The third kappa shape index (κ3) is 4.61. The van der Waals surface area contributed by atoms with E-state index in [-0.39, 0.29) is 37.1 Å². The number of benzene rings is 1. The Labute approximate surface area is 178 Å². The van der Waals surface area contributed by atoms with E-state index >= 15 is 0 Å². The van der Waals surface area contributed by atoms with Crippen LogP contribution in [0.4, 0.5) is 24.5 Å². The number of rotatable bonds is 4. The second-order valence-electron chi connectivity index (χ2n) is 6.47. The number of nitrogens with two attached hydrogens (primary N) is 1. The molecular formula is C18H15F3N4O4S2. The lowest BCUT2D eigenvalue weighted by Crippen LogP contribution is -2.28. The second-order valence-corrected chi connectivity index (χ2v) is 9.16. The Balaban J connectivity index is 1.92. The fraction of sp³-hybridized carbons (Fsp3) is 0.167. The summed E-state index contributed by atoms with van der Waals surface area (Å²) in [5.74, 6) is -1.54. The molecule has 2 amide bonds. The molecule has 0 saturated heterocycles. The molecule has 0 aliphatic carbocycles. The third-order valence-corrected chi connectivity index (χ3v) is 6.59. The van der Waals surface area contributed by atoms with Gasteiger partial charge in [-0.15, -0.1) is 11.3 Å². The van der Waals surface area contributed by atoms with Crippen molar-refractivity contribution in [3.63, 3.8) is 0 Å². The van der Waals surface area contributed by atoms with E-state index in [0.29, 0.717) is 0 Å². The smallest absolute Gasteiger partial charge is 0.397 e. The molecule has 2 aromatic heterocycles. The largest absolute Gasteiger partial charge is 0.417 e. The number of sulfonamides is 1. The van der Waals surface area contributed by atoms with Crippen LogP contribution in [0, 0.1) is 6.92 Å². The van der Waals surface area contributed by atoms with Crippen LogP contribution in [0.2, 0.25) is 0 Å². The Kier molecular flexibility index (Phi) is 5.67. The number of hydrogen-bond acceptors (Lipinski definition) is 7. The number of thiophene rings is 1. The number of pyridine rings is 1. The van der Waals surface area contributed by atoms with Gasteiger partial charge in [-0.3, -0.25) is 9.59 Å². The summed E-state index contributed by atoms with van der Waals surface area (Å²) < 4.78 is 65.9. The molecule has 4 N–H and O–H groups in total. The Hall–Kier alpha value is -3.19. The van der Waals surface area contributed by atoms with E-state index in [4.69, 9.17) is 5.73 Å². The molecule has 0 bridgehead atoms. The molecule has 0 spiro atoms. The first-order chi connectivity index (χ1) is 14.3. The van der Waals surface area contributed by atoms with Gasteiger partial charge in [0, 0.05) is 23.7 Å². The van der Waals surface area contributed by atoms with Crippen molar-refractivity contribution in [1.82, 2.24) is 9.71 Å². The van der Waals surface area contributed by atoms with Gasteiger partial charge in [0.1, 0.15) is 9.71 Å². The van der Waals surface area contributed by atoms with E-state index in [0.717, 1.165) is 36.5 Å². The number of anilines is 2. The summed E-state index contributed by atoms with van der Waals surface area (Å²) in [6.07, 6.45) is -4.68. The van der Waals surface area contributed by atoms with Crippen LogP contribution in [0.5, 0.6) is 0 Å². The highest BCUT2D eigenvalue weighted by Crippen LogP contribution is 2.42. The van der Waals surface area contributed by atoms with Crippen molar-refractivity contribution in [1.29, 1.82) is 0 Å². The molecule has 0 atom stereocenters. The summed E-state index contributed by atoms with van der Waals surface area (Å²) >= 11 is 0.718. The number of nitrogens with one attached hydrogen (secondary N) is 2. The van der Waals surface area contributed by atoms with Gasteiger partial charge in [0.25, 0.3) is 15.9 Å². The molecule has 31 heavy (non-hydrogen) atoms. The number of fused-ring (bicyclic) bond motifs is 1. The number of aryl methyl sites for hydroxylation is 1. The average Bonchev–Trinajstić information content (AvgIpc) is 2.96. The molecule has 164 valence electrons. The van der Waals surface area contributed by atoms with E-state index < -0.39 is 33.6 Å². The Morgan fingerprint density at radius 1 is 1.16 bits per heavy atom.